The monoisotopic (exact) mass is 289 g/mol. The third-order valence-corrected chi connectivity index (χ3v) is 6.70. The number of hydrogen-bond donors (Lipinski definition) is 2. The Bertz CT molecular complexity index is 475. The molecule has 4 heterocycles. The van der Waals surface area contributed by atoms with Gasteiger partial charge in [0.05, 0.1) is 18.2 Å². The van der Waals surface area contributed by atoms with Crippen molar-refractivity contribution in [3.63, 3.8) is 0 Å². The summed E-state index contributed by atoms with van der Waals surface area (Å²) in [6.45, 7) is 6.84. The summed E-state index contributed by atoms with van der Waals surface area (Å²) in [5.74, 6) is 0.761. The highest BCUT2D eigenvalue weighted by atomic mass is 16.5. The first kappa shape index (κ1) is 13.1. The molecule has 1 aliphatic carbocycles. The molecule has 0 amide bonds. The lowest BCUT2D eigenvalue weighted by atomic mass is 9.73. The van der Waals surface area contributed by atoms with Crippen molar-refractivity contribution in [1.82, 2.24) is 15.5 Å². The Morgan fingerprint density at radius 2 is 2.33 bits per heavy atom. The second kappa shape index (κ2) is 4.54. The minimum absolute atomic E-state index is 0.205. The van der Waals surface area contributed by atoms with Gasteiger partial charge in [-0.15, -0.1) is 0 Å². The summed E-state index contributed by atoms with van der Waals surface area (Å²) in [5, 5.41) is 7.72. The molecule has 0 aromatic heterocycles. The highest BCUT2D eigenvalue weighted by Crippen LogP contribution is 2.47. The molecule has 0 spiro atoms. The smallest absolute Gasteiger partial charge is 0.0719 e. The molecule has 4 fully saturated rings. The van der Waals surface area contributed by atoms with Crippen molar-refractivity contribution in [2.24, 2.45) is 5.92 Å². The van der Waals surface area contributed by atoms with Gasteiger partial charge in [-0.05, 0) is 38.1 Å². The van der Waals surface area contributed by atoms with Crippen molar-refractivity contribution in [2.75, 3.05) is 26.2 Å². The van der Waals surface area contributed by atoms with Gasteiger partial charge < -0.3 is 15.4 Å². The molecule has 0 radical (unpaired) electrons. The van der Waals surface area contributed by atoms with E-state index in [0.717, 1.165) is 25.6 Å². The van der Waals surface area contributed by atoms with E-state index in [1.807, 2.05) is 0 Å². The Kier molecular flexibility index (Phi) is 2.82. The van der Waals surface area contributed by atoms with Crippen molar-refractivity contribution in [3.05, 3.63) is 11.6 Å². The van der Waals surface area contributed by atoms with Crippen LogP contribution in [0, 0.1) is 5.92 Å². The van der Waals surface area contributed by atoms with Crippen LogP contribution in [0.5, 0.6) is 0 Å². The van der Waals surface area contributed by atoms with Gasteiger partial charge in [0.25, 0.3) is 0 Å². The van der Waals surface area contributed by atoms with Crippen molar-refractivity contribution < 1.29 is 4.74 Å². The predicted molar refractivity (Wildman–Crippen MR) is 82.3 cm³/mol. The molecule has 21 heavy (non-hydrogen) atoms. The van der Waals surface area contributed by atoms with Gasteiger partial charge in [-0.2, -0.15) is 0 Å². The standard InChI is InChI=1S/C17H27N3O/c1-11-3-2-4-18-16(11)17(7-12-5-15(17)19-8-12)20-9-14-6-13(20)10-21-14/h7,11,13-16,18-19H,2-6,8-10H2,1H3. The first-order valence-electron chi connectivity index (χ1n) is 8.83. The van der Waals surface area contributed by atoms with E-state index in [4.69, 9.17) is 4.74 Å². The van der Waals surface area contributed by atoms with E-state index in [1.54, 1.807) is 5.57 Å². The summed E-state index contributed by atoms with van der Waals surface area (Å²) < 4.78 is 5.88. The predicted octanol–water partition coefficient (Wildman–Crippen LogP) is 0.888. The number of morpholine rings is 1. The van der Waals surface area contributed by atoms with Gasteiger partial charge in [0.1, 0.15) is 0 Å². The second-order valence-corrected chi connectivity index (χ2v) is 7.88. The minimum atomic E-state index is 0.205. The van der Waals surface area contributed by atoms with Crippen molar-refractivity contribution >= 4 is 0 Å². The Balaban J connectivity index is 1.56. The average Bonchev–Trinajstić information content (AvgIpc) is 3.27. The number of piperidine rings is 1. The van der Waals surface area contributed by atoms with Crippen LogP contribution < -0.4 is 10.6 Å². The largest absolute Gasteiger partial charge is 0.375 e. The fourth-order valence-corrected chi connectivity index (χ4v) is 5.84. The molecule has 2 N–H and O–H groups in total. The van der Waals surface area contributed by atoms with Gasteiger partial charge in [0.2, 0.25) is 0 Å². The highest BCUT2D eigenvalue weighted by Gasteiger charge is 2.60. The Morgan fingerprint density at radius 1 is 1.38 bits per heavy atom. The zero-order valence-corrected chi connectivity index (χ0v) is 13.0. The van der Waals surface area contributed by atoms with Crippen LogP contribution in [0.2, 0.25) is 0 Å². The Morgan fingerprint density at radius 3 is 2.95 bits per heavy atom. The number of nitrogens with one attached hydrogen (secondary N) is 2. The van der Waals surface area contributed by atoms with Gasteiger partial charge in [-0.25, -0.2) is 0 Å². The Labute approximate surface area is 127 Å². The summed E-state index contributed by atoms with van der Waals surface area (Å²) in [6, 6.07) is 1.86. The molecular weight excluding hydrogens is 262 g/mol. The number of nitrogens with zero attached hydrogens (tertiary/aromatic N) is 1. The summed E-state index contributed by atoms with van der Waals surface area (Å²) in [6.07, 6.45) is 8.36. The molecule has 0 aromatic carbocycles. The molecule has 0 aromatic rings. The van der Waals surface area contributed by atoms with Crippen LogP contribution in [-0.2, 0) is 4.74 Å². The third-order valence-electron chi connectivity index (χ3n) is 6.70. The van der Waals surface area contributed by atoms with E-state index in [9.17, 15) is 0 Å². The highest BCUT2D eigenvalue weighted by molar-refractivity contribution is 5.38. The minimum Gasteiger partial charge on any atom is -0.375 e. The normalized spacial score (nSPS) is 52.6. The molecule has 116 valence electrons. The number of ether oxygens (including phenoxy) is 1. The quantitative estimate of drug-likeness (QED) is 0.740. The topological polar surface area (TPSA) is 36.5 Å². The van der Waals surface area contributed by atoms with Crippen LogP contribution >= 0.6 is 0 Å². The SMILES string of the molecule is CC1CCCNC1C1(N2CC3CC2CO3)C=C2CNC1C2. The molecule has 4 heteroatoms. The summed E-state index contributed by atoms with van der Waals surface area (Å²) in [5.41, 5.74) is 1.85. The van der Waals surface area contributed by atoms with Crippen molar-refractivity contribution in [2.45, 2.75) is 62.4 Å². The molecule has 0 saturated carbocycles. The van der Waals surface area contributed by atoms with Crippen molar-refractivity contribution in [1.29, 1.82) is 0 Å². The lowest BCUT2D eigenvalue weighted by Gasteiger charge is -2.54. The number of fused-ring (bicyclic) bond motifs is 4. The van der Waals surface area contributed by atoms with Gasteiger partial charge in [0, 0.05) is 31.2 Å². The van der Waals surface area contributed by atoms with Gasteiger partial charge in [0.15, 0.2) is 0 Å². The van der Waals surface area contributed by atoms with Crippen LogP contribution in [0.1, 0.15) is 32.6 Å². The molecule has 6 unspecified atom stereocenters. The van der Waals surface area contributed by atoms with E-state index in [-0.39, 0.29) is 5.54 Å². The first-order valence-corrected chi connectivity index (χ1v) is 8.83. The molecule has 4 bridgehead atoms. The number of hydrogen-bond acceptors (Lipinski definition) is 4. The van der Waals surface area contributed by atoms with Gasteiger partial charge in [-0.1, -0.05) is 18.6 Å². The van der Waals surface area contributed by atoms with E-state index >= 15 is 0 Å². The van der Waals surface area contributed by atoms with E-state index < -0.39 is 0 Å². The third kappa shape index (κ3) is 1.70. The zero-order valence-electron chi connectivity index (χ0n) is 13.0. The second-order valence-electron chi connectivity index (χ2n) is 7.88. The Hall–Kier alpha value is -0.420. The van der Waals surface area contributed by atoms with E-state index in [0.29, 0.717) is 24.2 Å². The van der Waals surface area contributed by atoms with Gasteiger partial charge in [-0.3, -0.25) is 4.90 Å². The maximum absolute atomic E-state index is 5.88. The lowest BCUT2D eigenvalue weighted by molar-refractivity contribution is -0.0425. The van der Waals surface area contributed by atoms with Gasteiger partial charge >= 0.3 is 0 Å². The van der Waals surface area contributed by atoms with E-state index in [2.05, 4.69) is 28.5 Å². The summed E-state index contributed by atoms with van der Waals surface area (Å²) in [7, 11) is 0. The van der Waals surface area contributed by atoms with Crippen LogP contribution in [0.4, 0.5) is 0 Å². The molecule has 5 rings (SSSR count). The molecule has 4 saturated heterocycles. The maximum atomic E-state index is 5.88. The number of likely N-dealkylation sites (tertiary alicyclic amines) is 1. The summed E-state index contributed by atoms with van der Waals surface area (Å²) >= 11 is 0. The maximum Gasteiger partial charge on any atom is 0.0719 e. The first-order chi connectivity index (χ1) is 10.3. The average molecular weight is 289 g/mol. The molecule has 5 aliphatic rings. The van der Waals surface area contributed by atoms with Crippen molar-refractivity contribution in [3.8, 4) is 0 Å². The fourth-order valence-electron chi connectivity index (χ4n) is 5.84. The number of rotatable bonds is 2. The fraction of sp³-hybridized carbons (Fsp3) is 0.882. The van der Waals surface area contributed by atoms with Crippen LogP contribution in [0.25, 0.3) is 0 Å². The zero-order chi connectivity index (χ0) is 14.0. The summed E-state index contributed by atoms with van der Waals surface area (Å²) in [4.78, 5) is 2.82. The van der Waals surface area contributed by atoms with Crippen LogP contribution in [-0.4, -0.2) is 60.9 Å². The molecular formula is C17H27N3O. The van der Waals surface area contributed by atoms with E-state index in [1.165, 1.54) is 32.2 Å². The molecule has 6 atom stereocenters. The molecule has 4 nitrogen and oxygen atoms in total. The van der Waals surface area contributed by atoms with Crippen LogP contribution in [0.15, 0.2) is 11.6 Å². The molecule has 4 aliphatic heterocycles. The van der Waals surface area contributed by atoms with Crippen LogP contribution in [0.3, 0.4) is 0 Å². The lowest BCUT2D eigenvalue weighted by Crippen LogP contribution is -2.72.